The molecule has 36 heavy (non-hydrogen) atoms. The van der Waals surface area contributed by atoms with E-state index in [1.165, 1.54) is 23.8 Å². The van der Waals surface area contributed by atoms with Crippen molar-refractivity contribution in [3.8, 4) is 17.2 Å². The van der Waals surface area contributed by atoms with Crippen molar-refractivity contribution in [3.63, 3.8) is 0 Å². The molecule has 0 spiro atoms. The summed E-state index contributed by atoms with van der Waals surface area (Å²) in [5.41, 5.74) is 6.95. The first-order valence-electron chi connectivity index (χ1n) is 12.7. The molecular formula is C30H36N2O4. The minimum Gasteiger partial charge on any atom is -0.493 e. The first-order valence-corrected chi connectivity index (χ1v) is 12.7. The van der Waals surface area contributed by atoms with Crippen LogP contribution in [0.15, 0.2) is 53.0 Å². The Bertz CT molecular complexity index is 1210. The van der Waals surface area contributed by atoms with Crippen LogP contribution in [0.2, 0.25) is 0 Å². The monoisotopic (exact) mass is 488 g/mol. The Morgan fingerprint density at radius 3 is 2.64 bits per heavy atom. The van der Waals surface area contributed by atoms with Gasteiger partial charge < -0.3 is 18.8 Å². The minimum atomic E-state index is -0.139. The Kier molecular flexibility index (Phi) is 8.47. The quantitative estimate of drug-likeness (QED) is 0.230. The highest BCUT2D eigenvalue weighted by Gasteiger charge is 2.17. The molecule has 4 rings (SSSR count). The maximum Gasteiger partial charge on any atom is 0.305 e. The van der Waals surface area contributed by atoms with E-state index in [2.05, 4.69) is 41.3 Å². The highest BCUT2D eigenvalue weighted by Crippen LogP contribution is 2.35. The van der Waals surface area contributed by atoms with Crippen LogP contribution in [-0.2, 0) is 22.4 Å². The van der Waals surface area contributed by atoms with Gasteiger partial charge >= 0.3 is 5.97 Å². The van der Waals surface area contributed by atoms with Gasteiger partial charge in [0.25, 0.3) is 0 Å². The predicted molar refractivity (Wildman–Crippen MR) is 143 cm³/mol. The molecule has 6 nitrogen and oxygen atoms in total. The molecule has 190 valence electrons. The molecule has 0 unspecified atom stereocenters. The topological polar surface area (TPSA) is 64.8 Å². The van der Waals surface area contributed by atoms with Gasteiger partial charge in [0.1, 0.15) is 11.5 Å². The highest BCUT2D eigenvalue weighted by molar-refractivity contribution is 5.72. The number of benzene rings is 2. The minimum absolute atomic E-state index is 0.139. The molecule has 3 aromatic rings. The summed E-state index contributed by atoms with van der Waals surface area (Å²) in [6, 6.07) is 14.5. The molecule has 1 aliphatic carbocycles. The van der Waals surface area contributed by atoms with Gasteiger partial charge in [-0.05, 0) is 80.5 Å². The largest absolute Gasteiger partial charge is 0.493 e. The van der Waals surface area contributed by atoms with Crippen molar-refractivity contribution in [2.24, 2.45) is 0 Å². The van der Waals surface area contributed by atoms with Gasteiger partial charge in [0, 0.05) is 43.8 Å². The molecule has 2 aromatic carbocycles. The number of oxazole rings is 1. The summed E-state index contributed by atoms with van der Waals surface area (Å²) in [7, 11) is 5.49. The van der Waals surface area contributed by atoms with E-state index in [-0.39, 0.29) is 5.97 Å². The molecule has 0 amide bonds. The fourth-order valence-corrected chi connectivity index (χ4v) is 4.63. The van der Waals surface area contributed by atoms with Gasteiger partial charge in [-0.15, -0.1) is 0 Å². The average Bonchev–Trinajstić information content (AvgIpc) is 3.27. The van der Waals surface area contributed by atoms with Gasteiger partial charge in [-0.2, -0.15) is 0 Å². The number of unbranched alkanes of at least 4 members (excludes halogenated alkanes) is 1. The lowest BCUT2D eigenvalue weighted by Crippen LogP contribution is -2.08. The smallest absolute Gasteiger partial charge is 0.305 e. The first-order chi connectivity index (χ1) is 17.5. The summed E-state index contributed by atoms with van der Waals surface area (Å²) in [5.74, 6) is 2.29. The van der Waals surface area contributed by atoms with Crippen LogP contribution in [0, 0.1) is 6.92 Å². The van der Waals surface area contributed by atoms with Crippen LogP contribution in [0.5, 0.6) is 5.75 Å². The number of methoxy groups -OCH3 is 1. The fourth-order valence-electron chi connectivity index (χ4n) is 4.63. The molecule has 0 atom stereocenters. The summed E-state index contributed by atoms with van der Waals surface area (Å²) in [5, 5.41) is 0. The van der Waals surface area contributed by atoms with Crippen LogP contribution in [0.3, 0.4) is 0 Å². The first kappa shape index (κ1) is 25.5. The number of anilines is 1. The molecule has 1 heterocycles. The van der Waals surface area contributed by atoms with Crippen molar-refractivity contribution < 1.29 is 18.7 Å². The van der Waals surface area contributed by atoms with Crippen LogP contribution in [0.4, 0.5) is 5.69 Å². The number of hydrogen-bond donors (Lipinski definition) is 0. The van der Waals surface area contributed by atoms with Crippen molar-refractivity contribution in [2.45, 2.75) is 51.9 Å². The number of carbonyl (C=O) groups is 1. The lowest BCUT2D eigenvalue weighted by atomic mass is 9.87. The summed E-state index contributed by atoms with van der Waals surface area (Å²) in [6.45, 7) is 2.50. The fraction of sp³-hybridized carbons (Fsp3) is 0.400. The Hall–Kier alpha value is -3.54. The third-order valence-corrected chi connectivity index (χ3v) is 6.69. The normalized spacial score (nSPS) is 12.6. The number of esters is 1. The number of rotatable bonds is 11. The summed E-state index contributed by atoms with van der Waals surface area (Å²) < 4.78 is 17.0. The Morgan fingerprint density at radius 2 is 1.89 bits per heavy atom. The number of carbonyl (C=O) groups excluding carboxylic acids is 1. The third kappa shape index (κ3) is 6.17. The SMILES string of the molecule is COC(=O)CCCCC1=CCCc2c(OCCc3nc(-c4ccc(N(C)C)cc4)oc3C)cccc21. The number of aromatic nitrogens is 1. The third-order valence-electron chi connectivity index (χ3n) is 6.69. The van der Waals surface area contributed by atoms with Gasteiger partial charge in [0.05, 0.1) is 19.4 Å². The molecule has 0 saturated carbocycles. The van der Waals surface area contributed by atoms with Crippen molar-refractivity contribution in [3.05, 3.63) is 71.1 Å². The van der Waals surface area contributed by atoms with E-state index in [1.807, 2.05) is 33.2 Å². The molecule has 0 radical (unpaired) electrons. The molecule has 0 N–H and O–H groups in total. The van der Waals surface area contributed by atoms with E-state index < -0.39 is 0 Å². The molecule has 0 aliphatic heterocycles. The number of fused-ring (bicyclic) bond motifs is 1. The summed E-state index contributed by atoms with van der Waals surface area (Å²) >= 11 is 0. The molecular weight excluding hydrogens is 452 g/mol. The maximum atomic E-state index is 11.4. The zero-order chi connectivity index (χ0) is 25.5. The molecule has 0 saturated heterocycles. The predicted octanol–water partition coefficient (Wildman–Crippen LogP) is 6.40. The maximum absolute atomic E-state index is 11.4. The van der Waals surface area contributed by atoms with E-state index >= 15 is 0 Å². The van der Waals surface area contributed by atoms with Gasteiger partial charge in [0.2, 0.25) is 5.89 Å². The van der Waals surface area contributed by atoms with Gasteiger partial charge in [-0.25, -0.2) is 4.98 Å². The van der Waals surface area contributed by atoms with Crippen molar-refractivity contribution in [1.82, 2.24) is 4.98 Å². The van der Waals surface area contributed by atoms with Crippen LogP contribution in [0.1, 0.15) is 54.7 Å². The lowest BCUT2D eigenvalue weighted by Gasteiger charge is -2.21. The molecule has 0 bridgehead atoms. The summed E-state index contributed by atoms with van der Waals surface area (Å²) in [4.78, 5) is 18.2. The van der Waals surface area contributed by atoms with Crippen molar-refractivity contribution in [2.75, 3.05) is 32.7 Å². The van der Waals surface area contributed by atoms with E-state index in [1.54, 1.807) is 0 Å². The van der Waals surface area contributed by atoms with E-state index in [0.29, 0.717) is 25.3 Å². The Labute approximate surface area is 213 Å². The summed E-state index contributed by atoms with van der Waals surface area (Å²) in [6.07, 6.45) is 8.26. The number of allylic oxidation sites excluding steroid dienone is 2. The second-order valence-corrected chi connectivity index (χ2v) is 9.40. The second-order valence-electron chi connectivity index (χ2n) is 9.40. The number of aryl methyl sites for hydroxylation is 1. The standard InChI is InChI=1S/C30H36N2O4/c1-21-27(31-30(36-21)23-15-17-24(18-16-23)32(2)3)19-20-35-28-13-8-11-25-22(10-7-12-26(25)28)9-5-6-14-29(33)34-4/h8,10-11,13,15-18H,5-7,9,12,14,19-20H2,1-4H3. The number of hydrogen-bond acceptors (Lipinski definition) is 6. The van der Waals surface area contributed by atoms with Gasteiger partial charge in [-0.1, -0.05) is 18.2 Å². The number of ether oxygens (including phenoxy) is 2. The molecule has 0 fully saturated rings. The van der Waals surface area contributed by atoms with Crippen molar-refractivity contribution in [1.29, 1.82) is 0 Å². The van der Waals surface area contributed by atoms with Crippen LogP contribution in [-0.4, -0.2) is 38.8 Å². The zero-order valence-electron chi connectivity index (χ0n) is 21.8. The zero-order valence-corrected chi connectivity index (χ0v) is 21.8. The number of nitrogens with zero attached hydrogens (tertiary/aromatic N) is 2. The van der Waals surface area contributed by atoms with Crippen LogP contribution >= 0.6 is 0 Å². The van der Waals surface area contributed by atoms with E-state index in [4.69, 9.17) is 18.9 Å². The molecule has 1 aromatic heterocycles. The second kappa shape index (κ2) is 11.9. The lowest BCUT2D eigenvalue weighted by molar-refractivity contribution is -0.140. The van der Waals surface area contributed by atoms with Crippen LogP contribution in [0.25, 0.3) is 17.0 Å². The van der Waals surface area contributed by atoms with Gasteiger partial charge in [0.15, 0.2) is 0 Å². The average molecular weight is 489 g/mol. The molecule has 6 heteroatoms. The Balaban J connectivity index is 1.36. The van der Waals surface area contributed by atoms with E-state index in [9.17, 15) is 4.79 Å². The molecule has 1 aliphatic rings. The van der Waals surface area contributed by atoms with Crippen LogP contribution < -0.4 is 9.64 Å². The highest BCUT2D eigenvalue weighted by atomic mass is 16.5. The van der Waals surface area contributed by atoms with Gasteiger partial charge in [-0.3, -0.25) is 4.79 Å². The van der Waals surface area contributed by atoms with Crippen molar-refractivity contribution >= 4 is 17.2 Å². The Morgan fingerprint density at radius 1 is 1.08 bits per heavy atom. The van der Waals surface area contributed by atoms with E-state index in [0.717, 1.165) is 60.6 Å².